The molecule has 2 aliphatic heterocycles. The second-order valence-corrected chi connectivity index (χ2v) is 5.76. The van der Waals surface area contributed by atoms with Crippen molar-refractivity contribution >= 4 is 18.4 Å². The summed E-state index contributed by atoms with van der Waals surface area (Å²) >= 11 is 0. The summed E-state index contributed by atoms with van der Waals surface area (Å²) in [5.74, 6) is -0.856. The number of rotatable bonds is 3. The molecule has 0 unspecified atom stereocenters. The van der Waals surface area contributed by atoms with Crippen LogP contribution in [0.3, 0.4) is 0 Å². The second kappa shape index (κ2) is 7.25. The van der Waals surface area contributed by atoms with Crippen molar-refractivity contribution < 1.29 is 14.6 Å². The Morgan fingerprint density at radius 3 is 2.43 bits per heavy atom. The van der Waals surface area contributed by atoms with Gasteiger partial charge in [0.1, 0.15) is 0 Å². The van der Waals surface area contributed by atoms with Gasteiger partial charge < -0.3 is 9.84 Å². The first-order valence-corrected chi connectivity index (χ1v) is 7.35. The first kappa shape index (κ1) is 16.3. The van der Waals surface area contributed by atoms with E-state index in [4.69, 9.17) is 4.74 Å². The minimum absolute atomic E-state index is 0. The molecule has 1 aromatic rings. The summed E-state index contributed by atoms with van der Waals surface area (Å²) in [6.07, 6.45) is 2.04. The predicted octanol–water partition coefficient (Wildman–Crippen LogP) is 2.39. The fraction of sp³-hybridized carbons (Fsp3) is 0.562. The van der Waals surface area contributed by atoms with E-state index < -0.39 is 5.97 Å². The van der Waals surface area contributed by atoms with Crippen LogP contribution in [0.25, 0.3) is 0 Å². The molecule has 0 aliphatic carbocycles. The summed E-state index contributed by atoms with van der Waals surface area (Å²) in [4.78, 5) is 13.9. The summed E-state index contributed by atoms with van der Waals surface area (Å²) < 4.78 is 5.40. The highest BCUT2D eigenvalue weighted by atomic mass is 35.5. The van der Waals surface area contributed by atoms with E-state index in [0.717, 1.165) is 38.2 Å². The SMILES string of the molecule is Cl.O=C(O)[C@@H]1CN(C2CCOCC2)C[C@H]1c1ccccc1. The monoisotopic (exact) mass is 311 g/mol. The number of ether oxygens (including phenoxy) is 1. The Hall–Kier alpha value is -1.10. The number of benzene rings is 1. The fourth-order valence-corrected chi connectivity index (χ4v) is 3.47. The third-order valence-electron chi connectivity index (χ3n) is 4.60. The lowest BCUT2D eigenvalue weighted by molar-refractivity contribution is -0.141. The van der Waals surface area contributed by atoms with Gasteiger partial charge in [-0.05, 0) is 18.4 Å². The molecule has 2 atom stereocenters. The Morgan fingerprint density at radius 2 is 1.81 bits per heavy atom. The summed E-state index contributed by atoms with van der Waals surface area (Å²) in [7, 11) is 0. The minimum atomic E-state index is -0.673. The zero-order valence-electron chi connectivity index (χ0n) is 12.0. The molecule has 21 heavy (non-hydrogen) atoms. The Balaban J connectivity index is 0.00000161. The molecule has 1 N–H and O–H groups in total. The smallest absolute Gasteiger partial charge is 0.308 e. The third kappa shape index (κ3) is 3.57. The van der Waals surface area contributed by atoms with Crippen LogP contribution in [0.5, 0.6) is 0 Å². The summed E-state index contributed by atoms with van der Waals surface area (Å²) in [5.41, 5.74) is 1.15. The lowest BCUT2D eigenvalue weighted by atomic mass is 9.89. The molecule has 2 aliphatic rings. The maximum atomic E-state index is 11.6. The van der Waals surface area contributed by atoms with Crippen LogP contribution in [-0.4, -0.2) is 48.3 Å². The number of halogens is 1. The van der Waals surface area contributed by atoms with E-state index in [1.54, 1.807) is 0 Å². The van der Waals surface area contributed by atoms with Gasteiger partial charge in [-0.3, -0.25) is 9.69 Å². The Labute approximate surface area is 131 Å². The average molecular weight is 312 g/mol. The van der Waals surface area contributed by atoms with Crippen LogP contribution < -0.4 is 0 Å². The normalized spacial score (nSPS) is 27.2. The van der Waals surface area contributed by atoms with Crippen molar-refractivity contribution in [2.75, 3.05) is 26.3 Å². The standard InChI is InChI=1S/C16H21NO3.ClH/c18-16(19)15-11-17(13-6-8-20-9-7-13)10-14(15)12-4-2-1-3-5-12;/h1-5,13-15H,6-11H2,(H,18,19);1H/t14-,15+;/m0./s1. The van der Waals surface area contributed by atoms with Crippen LogP contribution in [0.2, 0.25) is 0 Å². The van der Waals surface area contributed by atoms with Crippen LogP contribution in [0.4, 0.5) is 0 Å². The van der Waals surface area contributed by atoms with Crippen molar-refractivity contribution in [2.45, 2.75) is 24.8 Å². The van der Waals surface area contributed by atoms with Crippen LogP contribution >= 0.6 is 12.4 Å². The topological polar surface area (TPSA) is 49.8 Å². The summed E-state index contributed by atoms with van der Waals surface area (Å²) in [6.45, 7) is 3.12. The highest BCUT2D eigenvalue weighted by Gasteiger charge is 2.41. The molecule has 0 aromatic heterocycles. The number of carboxylic acid groups (broad SMARTS) is 1. The first-order valence-electron chi connectivity index (χ1n) is 7.35. The maximum absolute atomic E-state index is 11.6. The lowest BCUT2D eigenvalue weighted by Crippen LogP contribution is -2.38. The number of aliphatic carboxylic acids is 1. The van der Waals surface area contributed by atoms with Gasteiger partial charge in [0.25, 0.3) is 0 Å². The molecule has 2 saturated heterocycles. The predicted molar refractivity (Wildman–Crippen MR) is 83.0 cm³/mol. The van der Waals surface area contributed by atoms with Crippen LogP contribution in [0.15, 0.2) is 30.3 Å². The largest absolute Gasteiger partial charge is 0.481 e. The van der Waals surface area contributed by atoms with Crippen molar-refractivity contribution in [1.82, 2.24) is 4.90 Å². The third-order valence-corrected chi connectivity index (χ3v) is 4.60. The van der Waals surface area contributed by atoms with E-state index in [2.05, 4.69) is 4.90 Å². The van der Waals surface area contributed by atoms with Gasteiger partial charge >= 0.3 is 5.97 Å². The average Bonchev–Trinajstić information content (AvgIpc) is 2.94. The minimum Gasteiger partial charge on any atom is -0.481 e. The van der Waals surface area contributed by atoms with Gasteiger partial charge in [-0.15, -0.1) is 12.4 Å². The van der Waals surface area contributed by atoms with Crippen molar-refractivity contribution in [1.29, 1.82) is 0 Å². The van der Waals surface area contributed by atoms with E-state index in [1.807, 2.05) is 30.3 Å². The zero-order valence-corrected chi connectivity index (χ0v) is 12.8. The number of carbonyl (C=O) groups is 1. The van der Waals surface area contributed by atoms with Gasteiger partial charge in [-0.25, -0.2) is 0 Å². The summed E-state index contributed by atoms with van der Waals surface area (Å²) in [6, 6.07) is 10.5. The number of hydrogen-bond donors (Lipinski definition) is 1. The van der Waals surface area contributed by atoms with Gasteiger partial charge in [-0.1, -0.05) is 30.3 Å². The van der Waals surface area contributed by atoms with E-state index in [9.17, 15) is 9.90 Å². The number of nitrogens with zero attached hydrogens (tertiary/aromatic N) is 1. The van der Waals surface area contributed by atoms with Crippen LogP contribution in [0, 0.1) is 5.92 Å². The van der Waals surface area contributed by atoms with E-state index >= 15 is 0 Å². The second-order valence-electron chi connectivity index (χ2n) is 5.76. The van der Waals surface area contributed by atoms with Crippen molar-refractivity contribution in [2.24, 2.45) is 5.92 Å². The lowest BCUT2D eigenvalue weighted by Gasteiger charge is -2.31. The molecule has 0 bridgehead atoms. The van der Waals surface area contributed by atoms with Crippen LogP contribution in [0.1, 0.15) is 24.3 Å². The molecule has 3 rings (SSSR count). The molecule has 4 nitrogen and oxygen atoms in total. The van der Waals surface area contributed by atoms with Gasteiger partial charge in [-0.2, -0.15) is 0 Å². The molecule has 1 aromatic carbocycles. The van der Waals surface area contributed by atoms with E-state index in [-0.39, 0.29) is 24.2 Å². The quantitative estimate of drug-likeness (QED) is 0.931. The van der Waals surface area contributed by atoms with Gasteiger partial charge in [0.05, 0.1) is 5.92 Å². The molecular formula is C16H22ClNO3. The van der Waals surface area contributed by atoms with Gasteiger partial charge in [0.15, 0.2) is 0 Å². The number of carboxylic acids is 1. The van der Waals surface area contributed by atoms with E-state index in [0.29, 0.717) is 12.6 Å². The Morgan fingerprint density at radius 1 is 1.14 bits per heavy atom. The molecule has 0 amide bonds. The molecule has 0 saturated carbocycles. The maximum Gasteiger partial charge on any atom is 0.308 e. The summed E-state index contributed by atoms with van der Waals surface area (Å²) in [5, 5.41) is 9.51. The molecular weight excluding hydrogens is 290 g/mol. The number of hydrogen-bond acceptors (Lipinski definition) is 3. The Kier molecular flexibility index (Phi) is 5.62. The molecule has 5 heteroatoms. The van der Waals surface area contributed by atoms with Crippen molar-refractivity contribution in [3.05, 3.63) is 35.9 Å². The van der Waals surface area contributed by atoms with Gasteiger partial charge in [0, 0.05) is 38.3 Å². The molecule has 2 heterocycles. The highest BCUT2D eigenvalue weighted by Crippen LogP contribution is 2.35. The van der Waals surface area contributed by atoms with E-state index in [1.165, 1.54) is 0 Å². The first-order chi connectivity index (χ1) is 9.75. The van der Waals surface area contributed by atoms with Crippen molar-refractivity contribution in [3.8, 4) is 0 Å². The molecule has 0 spiro atoms. The molecule has 116 valence electrons. The fourth-order valence-electron chi connectivity index (χ4n) is 3.47. The van der Waals surface area contributed by atoms with Crippen molar-refractivity contribution in [3.63, 3.8) is 0 Å². The highest BCUT2D eigenvalue weighted by molar-refractivity contribution is 5.85. The molecule has 0 radical (unpaired) electrons. The number of likely N-dealkylation sites (tertiary alicyclic amines) is 1. The van der Waals surface area contributed by atoms with Crippen LogP contribution in [-0.2, 0) is 9.53 Å². The van der Waals surface area contributed by atoms with Gasteiger partial charge in [0.2, 0.25) is 0 Å². The Bertz CT molecular complexity index is 462. The molecule has 2 fully saturated rings. The zero-order chi connectivity index (χ0) is 13.9.